The number of rotatable bonds is 4. The van der Waals surface area contributed by atoms with E-state index in [4.69, 9.17) is 0 Å². The summed E-state index contributed by atoms with van der Waals surface area (Å²) in [5.41, 5.74) is 1.86. The number of benzene rings is 1. The lowest BCUT2D eigenvalue weighted by molar-refractivity contribution is 0.0595. The number of hydrogen-bond donors (Lipinski definition) is 0. The molecule has 3 heterocycles. The summed E-state index contributed by atoms with van der Waals surface area (Å²) >= 11 is 0. The topological polar surface area (TPSA) is 63.9 Å². The molecule has 1 aliphatic rings. The average molecular weight is 347 g/mol. The van der Waals surface area contributed by atoms with E-state index in [9.17, 15) is 4.79 Å². The van der Waals surface area contributed by atoms with Gasteiger partial charge in [-0.1, -0.05) is 30.3 Å². The predicted molar refractivity (Wildman–Crippen MR) is 97.4 cm³/mol. The van der Waals surface area contributed by atoms with Crippen LogP contribution in [0.25, 0.3) is 0 Å². The third-order valence-corrected chi connectivity index (χ3v) is 4.83. The zero-order valence-electron chi connectivity index (χ0n) is 14.5. The fourth-order valence-corrected chi connectivity index (χ4v) is 3.53. The van der Waals surface area contributed by atoms with Gasteiger partial charge < -0.3 is 9.47 Å². The Morgan fingerprint density at radius 3 is 2.69 bits per heavy atom. The molecule has 0 bridgehead atoms. The van der Waals surface area contributed by atoms with Gasteiger partial charge in [0.05, 0.1) is 12.6 Å². The lowest BCUT2D eigenvalue weighted by Gasteiger charge is -2.35. The number of carbonyl (C=O) groups excluding carboxylic acids is 1. The zero-order chi connectivity index (χ0) is 17.8. The van der Waals surface area contributed by atoms with Gasteiger partial charge >= 0.3 is 0 Å². The molecule has 1 atom stereocenters. The summed E-state index contributed by atoms with van der Waals surface area (Å²) in [5, 5.41) is 8.49. The Kier molecular flexibility index (Phi) is 4.73. The van der Waals surface area contributed by atoms with Crippen molar-refractivity contribution >= 4 is 5.91 Å². The Morgan fingerprint density at radius 1 is 1.08 bits per heavy atom. The fraction of sp³-hybridized carbons (Fsp3) is 0.300. The standard InChI is InChI=1S/C20H21N5O/c26-20(17-9-11-21-12-10-17)25-13-5-4-8-18(25)19-23-22-15-24(19)14-16-6-2-1-3-7-16/h1-3,6-7,9-12,15,18H,4-5,8,13-14H2/t18-/m0/s1. The summed E-state index contributed by atoms with van der Waals surface area (Å²) < 4.78 is 2.05. The molecule has 4 rings (SSSR count). The molecule has 132 valence electrons. The lowest BCUT2D eigenvalue weighted by Crippen LogP contribution is -2.39. The van der Waals surface area contributed by atoms with Crippen molar-refractivity contribution in [3.05, 3.63) is 78.1 Å². The molecule has 1 aromatic carbocycles. The third-order valence-electron chi connectivity index (χ3n) is 4.83. The summed E-state index contributed by atoms with van der Waals surface area (Å²) in [6, 6.07) is 13.7. The number of hydrogen-bond acceptors (Lipinski definition) is 4. The molecule has 1 fully saturated rings. The number of piperidine rings is 1. The van der Waals surface area contributed by atoms with Gasteiger partial charge in [-0.05, 0) is 37.0 Å². The van der Waals surface area contributed by atoms with Crippen molar-refractivity contribution in [2.45, 2.75) is 31.8 Å². The molecule has 1 aliphatic heterocycles. The first-order valence-corrected chi connectivity index (χ1v) is 8.95. The van der Waals surface area contributed by atoms with Crippen LogP contribution in [0.1, 0.15) is 47.1 Å². The molecule has 2 aromatic heterocycles. The Labute approximate surface area is 152 Å². The van der Waals surface area contributed by atoms with E-state index in [0.29, 0.717) is 12.1 Å². The van der Waals surface area contributed by atoms with Gasteiger partial charge in [0.25, 0.3) is 5.91 Å². The molecule has 6 nitrogen and oxygen atoms in total. The maximum absolute atomic E-state index is 13.0. The van der Waals surface area contributed by atoms with Crippen LogP contribution in [0.2, 0.25) is 0 Å². The van der Waals surface area contributed by atoms with Crippen LogP contribution in [0.3, 0.4) is 0 Å². The molecule has 1 saturated heterocycles. The van der Waals surface area contributed by atoms with E-state index in [0.717, 1.165) is 31.6 Å². The second-order valence-corrected chi connectivity index (χ2v) is 6.55. The highest BCUT2D eigenvalue weighted by atomic mass is 16.2. The van der Waals surface area contributed by atoms with Crippen molar-refractivity contribution in [2.24, 2.45) is 0 Å². The third kappa shape index (κ3) is 3.35. The Morgan fingerprint density at radius 2 is 1.88 bits per heavy atom. The van der Waals surface area contributed by atoms with Crippen molar-refractivity contribution in [1.29, 1.82) is 0 Å². The van der Waals surface area contributed by atoms with Gasteiger partial charge in [0.15, 0.2) is 5.82 Å². The maximum atomic E-state index is 13.0. The van der Waals surface area contributed by atoms with Gasteiger partial charge in [0.1, 0.15) is 6.33 Å². The lowest BCUT2D eigenvalue weighted by atomic mass is 10.00. The molecule has 6 heteroatoms. The number of nitrogens with zero attached hydrogens (tertiary/aromatic N) is 5. The largest absolute Gasteiger partial charge is 0.328 e. The van der Waals surface area contributed by atoms with Crippen LogP contribution in [0.15, 0.2) is 61.2 Å². The molecule has 0 unspecified atom stereocenters. The summed E-state index contributed by atoms with van der Waals surface area (Å²) in [4.78, 5) is 19.0. The summed E-state index contributed by atoms with van der Waals surface area (Å²) in [6.45, 7) is 1.45. The molecule has 0 saturated carbocycles. The number of aromatic nitrogens is 4. The SMILES string of the molecule is O=C(c1ccncc1)N1CCCC[C@H]1c1nncn1Cc1ccccc1. The Hall–Kier alpha value is -3.02. The molecule has 1 amide bonds. The normalized spacial score (nSPS) is 17.2. The average Bonchev–Trinajstić information content (AvgIpc) is 3.17. The number of pyridine rings is 1. The van der Waals surface area contributed by atoms with Gasteiger partial charge in [-0.25, -0.2) is 0 Å². The van der Waals surface area contributed by atoms with E-state index in [-0.39, 0.29) is 11.9 Å². The molecule has 0 N–H and O–H groups in total. The number of likely N-dealkylation sites (tertiary alicyclic amines) is 1. The van der Waals surface area contributed by atoms with Crippen molar-refractivity contribution in [3.8, 4) is 0 Å². The van der Waals surface area contributed by atoms with Crippen LogP contribution >= 0.6 is 0 Å². The van der Waals surface area contributed by atoms with E-state index in [2.05, 4.69) is 31.9 Å². The molecule has 0 aliphatic carbocycles. The minimum Gasteiger partial charge on any atom is -0.328 e. The Bertz CT molecular complexity index is 862. The summed E-state index contributed by atoms with van der Waals surface area (Å²) in [6.07, 6.45) is 8.08. The first-order chi connectivity index (χ1) is 12.8. The second-order valence-electron chi connectivity index (χ2n) is 6.55. The van der Waals surface area contributed by atoms with Crippen molar-refractivity contribution in [3.63, 3.8) is 0 Å². The summed E-state index contributed by atoms with van der Waals surface area (Å²) in [7, 11) is 0. The fourth-order valence-electron chi connectivity index (χ4n) is 3.53. The van der Waals surface area contributed by atoms with Gasteiger partial charge in [-0.15, -0.1) is 10.2 Å². The minimum absolute atomic E-state index is 0.0337. The molecular formula is C20H21N5O. The molecule has 26 heavy (non-hydrogen) atoms. The van der Waals surface area contributed by atoms with E-state index in [1.165, 1.54) is 5.56 Å². The molecular weight excluding hydrogens is 326 g/mol. The molecule has 0 radical (unpaired) electrons. The Balaban J connectivity index is 1.61. The summed E-state index contributed by atoms with van der Waals surface area (Å²) in [5.74, 6) is 0.891. The van der Waals surface area contributed by atoms with E-state index in [1.807, 2.05) is 23.1 Å². The second kappa shape index (κ2) is 7.47. The van der Waals surface area contributed by atoms with Gasteiger partial charge in [0, 0.05) is 24.5 Å². The number of carbonyl (C=O) groups is 1. The van der Waals surface area contributed by atoms with Crippen molar-refractivity contribution in [2.75, 3.05) is 6.54 Å². The minimum atomic E-state index is -0.0457. The van der Waals surface area contributed by atoms with Crippen LogP contribution in [-0.2, 0) is 6.54 Å². The van der Waals surface area contributed by atoms with Gasteiger partial charge in [-0.2, -0.15) is 0 Å². The predicted octanol–water partition coefficient (Wildman–Crippen LogP) is 3.09. The van der Waals surface area contributed by atoms with Crippen molar-refractivity contribution < 1.29 is 4.79 Å². The van der Waals surface area contributed by atoms with Gasteiger partial charge in [0.2, 0.25) is 0 Å². The highest BCUT2D eigenvalue weighted by Crippen LogP contribution is 2.31. The maximum Gasteiger partial charge on any atom is 0.254 e. The highest BCUT2D eigenvalue weighted by molar-refractivity contribution is 5.94. The van der Waals surface area contributed by atoms with Crippen LogP contribution in [0.4, 0.5) is 0 Å². The van der Waals surface area contributed by atoms with E-state index < -0.39 is 0 Å². The zero-order valence-corrected chi connectivity index (χ0v) is 14.5. The van der Waals surface area contributed by atoms with E-state index >= 15 is 0 Å². The van der Waals surface area contributed by atoms with Crippen LogP contribution in [0, 0.1) is 0 Å². The van der Waals surface area contributed by atoms with Crippen LogP contribution in [-0.4, -0.2) is 37.1 Å². The molecule has 0 spiro atoms. The quantitative estimate of drug-likeness (QED) is 0.727. The first-order valence-electron chi connectivity index (χ1n) is 8.95. The van der Waals surface area contributed by atoms with Gasteiger partial charge in [-0.3, -0.25) is 9.78 Å². The monoisotopic (exact) mass is 347 g/mol. The van der Waals surface area contributed by atoms with Crippen molar-refractivity contribution in [1.82, 2.24) is 24.6 Å². The first kappa shape index (κ1) is 16.4. The smallest absolute Gasteiger partial charge is 0.254 e. The molecule has 3 aromatic rings. The van der Waals surface area contributed by atoms with E-state index in [1.54, 1.807) is 30.9 Å². The van der Waals surface area contributed by atoms with Crippen LogP contribution < -0.4 is 0 Å². The number of amides is 1. The van der Waals surface area contributed by atoms with Crippen LogP contribution in [0.5, 0.6) is 0 Å². The highest BCUT2D eigenvalue weighted by Gasteiger charge is 2.31.